The van der Waals surface area contributed by atoms with Gasteiger partial charge in [-0.25, -0.2) is 4.79 Å². The topological polar surface area (TPSA) is 60.9 Å². The Balaban J connectivity index is 2.61. The smallest absolute Gasteiger partial charge is 0.323 e. The number of nitrogens with zero attached hydrogens (tertiary/aromatic N) is 2. The molecule has 0 aromatic heterocycles. The van der Waals surface area contributed by atoms with Crippen LogP contribution in [-0.4, -0.2) is 52.6 Å². The van der Waals surface area contributed by atoms with Crippen LogP contribution in [-0.2, 0) is 4.79 Å². The van der Waals surface area contributed by atoms with Crippen LogP contribution in [0.5, 0.6) is 0 Å². The van der Waals surface area contributed by atoms with Crippen molar-refractivity contribution in [1.29, 1.82) is 0 Å². The molecular formula is C11H20N2O3. The normalized spacial score (nSPS) is 15.8. The Kier molecular flexibility index (Phi) is 4.15. The summed E-state index contributed by atoms with van der Waals surface area (Å²) in [6.07, 6.45) is 3.21. The third kappa shape index (κ3) is 2.87. The van der Waals surface area contributed by atoms with Crippen LogP contribution < -0.4 is 0 Å². The Labute approximate surface area is 96.0 Å². The van der Waals surface area contributed by atoms with Gasteiger partial charge in [0, 0.05) is 19.1 Å². The largest absolute Gasteiger partial charge is 0.480 e. The summed E-state index contributed by atoms with van der Waals surface area (Å²) in [5, 5.41) is 8.76. The summed E-state index contributed by atoms with van der Waals surface area (Å²) in [6, 6.07) is 0.0239. The summed E-state index contributed by atoms with van der Waals surface area (Å²) in [7, 11) is 1.75. The molecule has 0 bridgehead atoms. The van der Waals surface area contributed by atoms with E-state index in [4.69, 9.17) is 5.11 Å². The zero-order chi connectivity index (χ0) is 12.3. The molecule has 1 saturated carbocycles. The van der Waals surface area contributed by atoms with Crippen LogP contribution in [0.15, 0.2) is 0 Å². The second kappa shape index (κ2) is 5.18. The first-order chi connectivity index (χ1) is 7.43. The van der Waals surface area contributed by atoms with Crippen LogP contribution in [0.25, 0.3) is 0 Å². The minimum Gasteiger partial charge on any atom is -0.480 e. The molecule has 1 aliphatic rings. The van der Waals surface area contributed by atoms with E-state index < -0.39 is 5.97 Å². The Morgan fingerprint density at radius 3 is 2.25 bits per heavy atom. The number of rotatable bonds is 4. The Morgan fingerprint density at radius 2 is 1.94 bits per heavy atom. The predicted octanol–water partition coefficient (Wildman–Crippen LogP) is 1.39. The number of hydrogen-bond acceptors (Lipinski definition) is 2. The maximum atomic E-state index is 12.0. The number of amides is 2. The lowest BCUT2D eigenvalue weighted by molar-refractivity contribution is -0.138. The van der Waals surface area contributed by atoms with Gasteiger partial charge < -0.3 is 14.9 Å². The molecule has 92 valence electrons. The van der Waals surface area contributed by atoms with Crippen molar-refractivity contribution < 1.29 is 14.7 Å². The van der Waals surface area contributed by atoms with Crippen LogP contribution >= 0.6 is 0 Å². The molecule has 5 heteroatoms. The van der Waals surface area contributed by atoms with E-state index in [0.717, 1.165) is 19.3 Å². The van der Waals surface area contributed by atoms with Crippen molar-refractivity contribution in [1.82, 2.24) is 9.80 Å². The second-order valence-corrected chi connectivity index (χ2v) is 4.59. The van der Waals surface area contributed by atoms with Gasteiger partial charge in [-0.1, -0.05) is 0 Å². The predicted molar refractivity (Wildman–Crippen MR) is 60.3 cm³/mol. The van der Waals surface area contributed by atoms with Gasteiger partial charge in [-0.2, -0.15) is 0 Å². The molecule has 1 rings (SSSR count). The standard InChI is InChI=1S/C11H20N2O3/c1-8(2)13(7-10(14)15)11(16)12(3)9-5-4-6-9/h8-9H,4-7H2,1-3H3,(H,14,15). The van der Waals surface area contributed by atoms with Crippen LogP contribution in [0.4, 0.5) is 4.79 Å². The number of carboxylic acid groups (broad SMARTS) is 1. The Morgan fingerprint density at radius 1 is 1.38 bits per heavy atom. The maximum absolute atomic E-state index is 12.0. The molecular weight excluding hydrogens is 208 g/mol. The highest BCUT2D eigenvalue weighted by atomic mass is 16.4. The van der Waals surface area contributed by atoms with Crippen LogP contribution in [0.2, 0.25) is 0 Å². The van der Waals surface area contributed by atoms with Gasteiger partial charge in [0.15, 0.2) is 0 Å². The van der Waals surface area contributed by atoms with E-state index in [2.05, 4.69) is 0 Å². The van der Waals surface area contributed by atoms with E-state index in [1.54, 1.807) is 11.9 Å². The SMILES string of the molecule is CC(C)N(CC(=O)O)C(=O)N(C)C1CCC1. The molecule has 5 nitrogen and oxygen atoms in total. The van der Waals surface area contributed by atoms with Gasteiger partial charge in [0.05, 0.1) is 0 Å². The molecule has 0 aliphatic heterocycles. The average Bonchev–Trinajstić information content (AvgIpc) is 2.09. The molecule has 16 heavy (non-hydrogen) atoms. The van der Waals surface area contributed by atoms with Crippen LogP contribution in [0, 0.1) is 0 Å². The van der Waals surface area contributed by atoms with Gasteiger partial charge in [-0.15, -0.1) is 0 Å². The third-order valence-corrected chi connectivity index (χ3v) is 3.10. The number of urea groups is 1. The molecule has 0 unspecified atom stereocenters. The summed E-state index contributed by atoms with van der Waals surface area (Å²) in [4.78, 5) is 25.8. The van der Waals surface area contributed by atoms with Crippen molar-refractivity contribution in [3.05, 3.63) is 0 Å². The fraction of sp³-hybridized carbons (Fsp3) is 0.818. The maximum Gasteiger partial charge on any atom is 0.323 e. The van der Waals surface area contributed by atoms with E-state index in [1.165, 1.54) is 4.90 Å². The molecule has 0 radical (unpaired) electrons. The van der Waals surface area contributed by atoms with E-state index in [1.807, 2.05) is 13.8 Å². The van der Waals surface area contributed by atoms with Crippen LogP contribution in [0.1, 0.15) is 33.1 Å². The highest BCUT2D eigenvalue weighted by molar-refractivity contribution is 5.80. The van der Waals surface area contributed by atoms with Gasteiger partial charge in [-0.3, -0.25) is 4.79 Å². The molecule has 1 aliphatic carbocycles. The first-order valence-electron chi connectivity index (χ1n) is 5.68. The summed E-state index contributed by atoms with van der Waals surface area (Å²) >= 11 is 0. The first-order valence-corrected chi connectivity index (χ1v) is 5.68. The number of carboxylic acids is 1. The summed E-state index contributed by atoms with van der Waals surface area (Å²) in [6.45, 7) is 3.43. The zero-order valence-electron chi connectivity index (χ0n) is 10.1. The van der Waals surface area contributed by atoms with Crippen molar-refractivity contribution in [3.8, 4) is 0 Å². The van der Waals surface area contributed by atoms with E-state index in [-0.39, 0.29) is 18.6 Å². The molecule has 1 N–H and O–H groups in total. The number of hydrogen-bond donors (Lipinski definition) is 1. The Bertz CT molecular complexity index is 274. The molecule has 0 aromatic rings. The lowest BCUT2D eigenvalue weighted by Crippen LogP contribution is -2.51. The van der Waals surface area contributed by atoms with Crippen molar-refractivity contribution in [2.24, 2.45) is 0 Å². The van der Waals surface area contributed by atoms with Crippen molar-refractivity contribution in [2.45, 2.75) is 45.2 Å². The number of carbonyl (C=O) groups excluding carboxylic acids is 1. The monoisotopic (exact) mass is 228 g/mol. The lowest BCUT2D eigenvalue weighted by atomic mass is 9.92. The zero-order valence-corrected chi connectivity index (χ0v) is 10.1. The molecule has 0 atom stereocenters. The second-order valence-electron chi connectivity index (χ2n) is 4.59. The minimum absolute atomic E-state index is 0.0915. The quantitative estimate of drug-likeness (QED) is 0.791. The number of aliphatic carboxylic acids is 1. The lowest BCUT2D eigenvalue weighted by Gasteiger charge is -2.38. The molecule has 2 amide bonds. The average molecular weight is 228 g/mol. The summed E-state index contributed by atoms with van der Waals surface area (Å²) in [5.74, 6) is -0.968. The van der Waals surface area contributed by atoms with Gasteiger partial charge >= 0.3 is 12.0 Å². The highest BCUT2D eigenvalue weighted by Gasteiger charge is 2.30. The van der Waals surface area contributed by atoms with Gasteiger partial charge in [-0.05, 0) is 33.1 Å². The highest BCUT2D eigenvalue weighted by Crippen LogP contribution is 2.24. The number of carbonyl (C=O) groups is 2. The third-order valence-electron chi connectivity index (χ3n) is 3.10. The molecule has 1 fully saturated rings. The Hall–Kier alpha value is -1.26. The van der Waals surface area contributed by atoms with Gasteiger partial charge in [0.2, 0.25) is 0 Å². The summed E-state index contributed by atoms with van der Waals surface area (Å²) < 4.78 is 0. The molecule has 0 heterocycles. The summed E-state index contributed by atoms with van der Waals surface area (Å²) in [5.41, 5.74) is 0. The van der Waals surface area contributed by atoms with Gasteiger partial charge in [0.1, 0.15) is 6.54 Å². The molecule has 0 spiro atoms. The van der Waals surface area contributed by atoms with E-state index >= 15 is 0 Å². The fourth-order valence-electron chi connectivity index (χ4n) is 1.75. The van der Waals surface area contributed by atoms with Crippen molar-refractivity contribution >= 4 is 12.0 Å². The van der Waals surface area contributed by atoms with Crippen molar-refractivity contribution in [2.75, 3.05) is 13.6 Å². The molecule has 0 saturated heterocycles. The first kappa shape index (κ1) is 12.8. The fourth-order valence-corrected chi connectivity index (χ4v) is 1.75. The van der Waals surface area contributed by atoms with Crippen molar-refractivity contribution in [3.63, 3.8) is 0 Å². The van der Waals surface area contributed by atoms with Crippen LogP contribution in [0.3, 0.4) is 0 Å². The van der Waals surface area contributed by atoms with E-state index in [9.17, 15) is 9.59 Å². The minimum atomic E-state index is -0.968. The van der Waals surface area contributed by atoms with E-state index in [0.29, 0.717) is 6.04 Å². The molecule has 0 aromatic carbocycles. The van der Waals surface area contributed by atoms with Gasteiger partial charge in [0.25, 0.3) is 0 Å².